The molecule has 0 radical (unpaired) electrons. The maximum Gasteiger partial charge on any atom is 0.0822 e. The largest absolute Gasteiger partial charge is 0.388 e. The summed E-state index contributed by atoms with van der Waals surface area (Å²) in [5.74, 6) is 0. The van der Waals surface area contributed by atoms with Crippen LogP contribution < -0.4 is 0 Å². The molecule has 0 spiro atoms. The molecular weight excluding hydrogens is 232 g/mol. The van der Waals surface area contributed by atoms with Gasteiger partial charge in [-0.25, -0.2) is 0 Å². The van der Waals surface area contributed by atoms with Crippen LogP contribution in [0.1, 0.15) is 60.3 Å². The predicted molar refractivity (Wildman–Crippen MR) is 73.3 cm³/mol. The maximum atomic E-state index is 10.4. The van der Waals surface area contributed by atoms with E-state index < -0.39 is 5.60 Å². The van der Waals surface area contributed by atoms with E-state index in [-0.39, 0.29) is 16.2 Å². The Hall–Kier alpha value is -0.0100. The smallest absolute Gasteiger partial charge is 0.0822 e. The standard InChI is InChI=1S/C15H25ClO/c1-13(2)6-7-14(3,4)11-9-15(5,17)12(16)8-10(11)13/h12,17H,6-9H2,1-5H3. The molecule has 17 heavy (non-hydrogen) atoms. The molecule has 2 unspecified atom stereocenters. The van der Waals surface area contributed by atoms with Crippen LogP contribution in [-0.4, -0.2) is 16.1 Å². The van der Waals surface area contributed by atoms with Gasteiger partial charge in [-0.3, -0.25) is 0 Å². The monoisotopic (exact) mass is 256 g/mol. The van der Waals surface area contributed by atoms with Gasteiger partial charge in [0.2, 0.25) is 0 Å². The Morgan fingerprint density at radius 2 is 1.47 bits per heavy atom. The third-order valence-electron chi connectivity index (χ3n) is 4.97. The molecule has 2 atom stereocenters. The van der Waals surface area contributed by atoms with Crippen LogP contribution in [0, 0.1) is 10.8 Å². The van der Waals surface area contributed by atoms with E-state index in [0.29, 0.717) is 0 Å². The Morgan fingerprint density at radius 3 is 2.00 bits per heavy atom. The molecule has 0 saturated heterocycles. The lowest BCUT2D eigenvalue weighted by Gasteiger charge is -2.50. The van der Waals surface area contributed by atoms with Crippen molar-refractivity contribution >= 4 is 11.6 Å². The van der Waals surface area contributed by atoms with E-state index in [9.17, 15) is 5.11 Å². The van der Waals surface area contributed by atoms with Gasteiger partial charge in [-0.1, -0.05) is 38.8 Å². The zero-order valence-electron chi connectivity index (χ0n) is 11.7. The molecule has 2 heteroatoms. The minimum atomic E-state index is -0.745. The normalized spacial score (nSPS) is 40.1. The van der Waals surface area contributed by atoms with Crippen molar-refractivity contribution in [2.24, 2.45) is 10.8 Å². The van der Waals surface area contributed by atoms with E-state index >= 15 is 0 Å². The summed E-state index contributed by atoms with van der Waals surface area (Å²) in [5, 5.41) is 10.3. The Labute approximate surface area is 110 Å². The van der Waals surface area contributed by atoms with Gasteiger partial charge in [-0.2, -0.15) is 0 Å². The summed E-state index contributed by atoms with van der Waals surface area (Å²) in [5.41, 5.74) is 2.72. The second-order valence-corrected chi connectivity index (χ2v) is 7.96. The summed E-state index contributed by atoms with van der Waals surface area (Å²) in [6, 6.07) is 0. The van der Waals surface area contributed by atoms with Crippen molar-refractivity contribution in [3.8, 4) is 0 Å². The van der Waals surface area contributed by atoms with Crippen molar-refractivity contribution in [3.05, 3.63) is 11.1 Å². The Balaban J connectivity index is 2.50. The van der Waals surface area contributed by atoms with Crippen LogP contribution in [0.5, 0.6) is 0 Å². The van der Waals surface area contributed by atoms with Crippen LogP contribution in [0.4, 0.5) is 0 Å². The molecular formula is C15H25ClO. The van der Waals surface area contributed by atoms with Gasteiger partial charge in [0.15, 0.2) is 0 Å². The maximum absolute atomic E-state index is 10.4. The van der Waals surface area contributed by atoms with E-state index in [4.69, 9.17) is 11.6 Å². The quantitative estimate of drug-likeness (QED) is 0.507. The minimum Gasteiger partial charge on any atom is -0.388 e. The SMILES string of the molecule is CC1(C)CCC(C)(C)C2=C1CC(Cl)C(C)(O)C2. The van der Waals surface area contributed by atoms with Gasteiger partial charge in [-0.15, -0.1) is 11.6 Å². The first-order valence-electron chi connectivity index (χ1n) is 6.66. The fourth-order valence-electron chi connectivity index (χ4n) is 3.36. The average molecular weight is 257 g/mol. The second-order valence-electron chi connectivity index (χ2n) is 7.43. The lowest BCUT2D eigenvalue weighted by molar-refractivity contribution is 0.0347. The van der Waals surface area contributed by atoms with E-state index in [1.165, 1.54) is 24.0 Å². The molecule has 0 fully saturated rings. The molecule has 2 aliphatic rings. The Kier molecular flexibility index (Phi) is 2.95. The van der Waals surface area contributed by atoms with Gasteiger partial charge in [0.25, 0.3) is 0 Å². The molecule has 0 aromatic heterocycles. The van der Waals surface area contributed by atoms with Crippen molar-refractivity contribution in [2.75, 3.05) is 0 Å². The molecule has 0 bridgehead atoms. The number of hydrogen-bond donors (Lipinski definition) is 1. The van der Waals surface area contributed by atoms with Gasteiger partial charge in [0.05, 0.1) is 11.0 Å². The van der Waals surface area contributed by atoms with Gasteiger partial charge in [0.1, 0.15) is 0 Å². The molecule has 0 amide bonds. The lowest BCUT2D eigenvalue weighted by Crippen LogP contribution is -2.46. The molecule has 0 aromatic rings. The molecule has 0 saturated carbocycles. The first kappa shape index (κ1) is 13.4. The summed E-state index contributed by atoms with van der Waals surface area (Å²) in [4.78, 5) is 0. The van der Waals surface area contributed by atoms with Crippen LogP contribution in [0.2, 0.25) is 0 Å². The topological polar surface area (TPSA) is 20.2 Å². The van der Waals surface area contributed by atoms with Crippen LogP contribution in [0.15, 0.2) is 11.1 Å². The first-order chi connectivity index (χ1) is 7.56. The fraction of sp³-hybridized carbons (Fsp3) is 0.867. The van der Waals surface area contributed by atoms with E-state index in [0.717, 1.165) is 12.8 Å². The van der Waals surface area contributed by atoms with Crippen molar-refractivity contribution in [1.29, 1.82) is 0 Å². The van der Waals surface area contributed by atoms with Crippen LogP contribution >= 0.6 is 11.6 Å². The molecule has 0 aliphatic heterocycles. The number of rotatable bonds is 0. The van der Waals surface area contributed by atoms with E-state index in [2.05, 4.69) is 27.7 Å². The minimum absolute atomic E-state index is 0.144. The molecule has 1 N–H and O–H groups in total. The van der Waals surface area contributed by atoms with Crippen LogP contribution in [0.25, 0.3) is 0 Å². The van der Waals surface area contributed by atoms with Crippen molar-refractivity contribution < 1.29 is 5.11 Å². The number of allylic oxidation sites excluding steroid dienone is 1. The van der Waals surface area contributed by atoms with Gasteiger partial charge in [0, 0.05) is 0 Å². The average Bonchev–Trinajstić information content (AvgIpc) is 2.17. The van der Waals surface area contributed by atoms with Crippen LogP contribution in [0.3, 0.4) is 0 Å². The summed E-state index contributed by atoms with van der Waals surface area (Å²) in [6.07, 6.45) is 4.03. The molecule has 1 nitrogen and oxygen atoms in total. The zero-order chi connectivity index (χ0) is 13.1. The summed E-state index contributed by atoms with van der Waals surface area (Å²) >= 11 is 6.36. The number of aliphatic hydroxyl groups is 1. The molecule has 0 aromatic carbocycles. The fourth-order valence-corrected chi connectivity index (χ4v) is 3.59. The zero-order valence-corrected chi connectivity index (χ0v) is 12.5. The number of alkyl halides is 1. The van der Waals surface area contributed by atoms with Crippen LogP contribution in [-0.2, 0) is 0 Å². The molecule has 98 valence electrons. The third-order valence-corrected chi connectivity index (χ3v) is 5.59. The van der Waals surface area contributed by atoms with Crippen molar-refractivity contribution in [3.63, 3.8) is 0 Å². The molecule has 0 heterocycles. The Morgan fingerprint density at radius 1 is 1.00 bits per heavy atom. The van der Waals surface area contributed by atoms with Crippen molar-refractivity contribution in [2.45, 2.75) is 71.3 Å². The first-order valence-corrected chi connectivity index (χ1v) is 7.09. The van der Waals surface area contributed by atoms with Gasteiger partial charge < -0.3 is 5.11 Å². The highest BCUT2D eigenvalue weighted by atomic mass is 35.5. The summed E-state index contributed by atoms with van der Waals surface area (Å²) in [6.45, 7) is 11.1. The second kappa shape index (κ2) is 3.74. The Bertz CT molecular complexity index is 363. The third kappa shape index (κ3) is 2.17. The highest BCUT2D eigenvalue weighted by Crippen LogP contribution is 2.55. The van der Waals surface area contributed by atoms with E-state index in [1.807, 2.05) is 6.92 Å². The summed E-state index contributed by atoms with van der Waals surface area (Å²) in [7, 11) is 0. The molecule has 2 aliphatic carbocycles. The van der Waals surface area contributed by atoms with Crippen molar-refractivity contribution in [1.82, 2.24) is 0 Å². The van der Waals surface area contributed by atoms with Gasteiger partial charge in [-0.05, 0) is 43.4 Å². The number of hydrogen-bond acceptors (Lipinski definition) is 1. The van der Waals surface area contributed by atoms with E-state index in [1.54, 1.807) is 0 Å². The predicted octanol–water partition coefficient (Wildman–Crippen LogP) is 4.28. The van der Waals surface area contributed by atoms with Gasteiger partial charge >= 0.3 is 0 Å². The summed E-state index contributed by atoms with van der Waals surface area (Å²) < 4.78 is 0. The highest BCUT2D eigenvalue weighted by molar-refractivity contribution is 6.21. The lowest BCUT2D eigenvalue weighted by atomic mass is 9.57. The number of halogens is 1. The highest BCUT2D eigenvalue weighted by Gasteiger charge is 2.47. The molecule has 2 rings (SSSR count).